The van der Waals surface area contributed by atoms with E-state index in [1.54, 1.807) is 45.9 Å². The number of likely N-dealkylation sites (N-methyl/N-ethyl adjacent to an activating group) is 1. The molecule has 1 fully saturated rings. The third kappa shape index (κ3) is 7.45. The summed E-state index contributed by atoms with van der Waals surface area (Å²) in [6.07, 6.45) is 4.37. The average Bonchev–Trinajstić information content (AvgIpc) is 2.70. The quantitative estimate of drug-likeness (QED) is 0.612. The maximum Gasteiger partial charge on any atom is 0.408 e. The van der Waals surface area contributed by atoms with Crippen LogP contribution in [0, 0.1) is 0 Å². The summed E-state index contributed by atoms with van der Waals surface area (Å²) < 4.78 is 5.17. The van der Waals surface area contributed by atoms with Crippen LogP contribution in [0.4, 0.5) is 4.79 Å². The fourth-order valence-corrected chi connectivity index (χ4v) is 3.76. The number of rotatable bonds is 7. The molecule has 1 aliphatic rings. The Bertz CT molecular complexity index is 769. The number of alkyl carbamates (subject to hydrolysis) is 1. The van der Waals surface area contributed by atoms with Gasteiger partial charge >= 0.3 is 6.09 Å². The van der Waals surface area contributed by atoms with Crippen molar-refractivity contribution in [1.82, 2.24) is 15.5 Å². The second-order valence-electron chi connectivity index (χ2n) is 8.84. The number of para-hydroxylation sites is 1. The van der Waals surface area contributed by atoms with Gasteiger partial charge in [-0.25, -0.2) is 4.79 Å². The van der Waals surface area contributed by atoms with Crippen LogP contribution in [0.25, 0.3) is 0 Å². The predicted molar refractivity (Wildman–Crippen MR) is 117 cm³/mol. The van der Waals surface area contributed by atoms with Crippen LogP contribution in [0.1, 0.15) is 71.4 Å². The highest BCUT2D eigenvalue weighted by atomic mass is 16.6. The second kappa shape index (κ2) is 11.0. The van der Waals surface area contributed by atoms with E-state index in [0.29, 0.717) is 5.56 Å². The summed E-state index contributed by atoms with van der Waals surface area (Å²) in [5, 5.41) is 15.9. The van der Waals surface area contributed by atoms with Crippen LogP contribution in [-0.4, -0.2) is 52.6 Å². The van der Waals surface area contributed by atoms with Crippen LogP contribution in [0.2, 0.25) is 0 Å². The molecule has 0 radical (unpaired) electrons. The summed E-state index contributed by atoms with van der Waals surface area (Å²) in [5.74, 6) is -0.834. The molecule has 31 heavy (non-hydrogen) atoms. The highest BCUT2D eigenvalue weighted by molar-refractivity contribution is 5.91. The maximum atomic E-state index is 13.3. The average molecular weight is 434 g/mol. The molecule has 0 bridgehead atoms. The summed E-state index contributed by atoms with van der Waals surface area (Å²) in [5.41, 5.74) is -0.334. The fourth-order valence-electron chi connectivity index (χ4n) is 3.76. The van der Waals surface area contributed by atoms with Crippen LogP contribution in [0.3, 0.4) is 0 Å². The molecule has 3 amide bonds. The van der Waals surface area contributed by atoms with Crippen molar-refractivity contribution in [2.24, 2.45) is 0 Å². The molecule has 8 nitrogen and oxygen atoms in total. The largest absolute Gasteiger partial charge is 0.508 e. The molecule has 0 heterocycles. The number of amides is 3. The summed E-state index contributed by atoms with van der Waals surface area (Å²) in [6.45, 7) is 6.87. The number of nitrogens with zero attached hydrogens (tertiary/aromatic N) is 1. The van der Waals surface area contributed by atoms with E-state index < -0.39 is 23.6 Å². The van der Waals surface area contributed by atoms with Gasteiger partial charge in [-0.05, 0) is 46.6 Å². The Balaban J connectivity index is 2.19. The van der Waals surface area contributed by atoms with Gasteiger partial charge in [0, 0.05) is 18.2 Å². The molecule has 0 aromatic heterocycles. The van der Waals surface area contributed by atoms with Crippen molar-refractivity contribution in [1.29, 1.82) is 0 Å². The Morgan fingerprint density at radius 2 is 1.81 bits per heavy atom. The zero-order valence-corrected chi connectivity index (χ0v) is 18.9. The normalized spacial score (nSPS) is 15.6. The van der Waals surface area contributed by atoms with Crippen molar-refractivity contribution in [2.45, 2.75) is 77.5 Å². The summed E-state index contributed by atoms with van der Waals surface area (Å²) in [7, 11) is 0. The van der Waals surface area contributed by atoms with Gasteiger partial charge in [0.05, 0.1) is 0 Å². The van der Waals surface area contributed by atoms with Crippen molar-refractivity contribution in [3.05, 3.63) is 29.8 Å². The Hall–Kier alpha value is -2.77. The van der Waals surface area contributed by atoms with E-state index in [1.807, 2.05) is 0 Å². The molecule has 1 saturated carbocycles. The third-order valence-corrected chi connectivity index (χ3v) is 5.19. The Morgan fingerprint density at radius 1 is 1.16 bits per heavy atom. The number of aromatic hydroxyl groups is 1. The number of carbonyl (C=O) groups is 3. The van der Waals surface area contributed by atoms with Gasteiger partial charge in [0.15, 0.2) is 0 Å². The monoisotopic (exact) mass is 433 g/mol. The number of ether oxygens (including phenoxy) is 1. The van der Waals surface area contributed by atoms with Crippen molar-refractivity contribution in [3.8, 4) is 5.75 Å². The maximum absolute atomic E-state index is 13.3. The number of phenols is 1. The minimum Gasteiger partial charge on any atom is -0.508 e. The fraction of sp³-hybridized carbons (Fsp3) is 0.609. The zero-order chi connectivity index (χ0) is 23.0. The molecule has 2 rings (SSSR count). The Kier molecular flexibility index (Phi) is 8.71. The molecule has 0 aliphatic heterocycles. The van der Waals surface area contributed by atoms with Gasteiger partial charge in [-0.1, -0.05) is 37.5 Å². The summed E-state index contributed by atoms with van der Waals surface area (Å²) in [6, 6.07) is 5.57. The lowest BCUT2D eigenvalue weighted by Gasteiger charge is -2.33. The Labute approximate surface area is 184 Å². The molecule has 1 aliphatic carbocycles. The van der Waals surface area contributed by atoms with Crippen LogP contribution < -0.4 is 10.6 Å². The third-order valence-electron chi connectivity index (χ3n) is 5.19. The van der Waals surface area contributed by atoms with E-state index in [4.69, 9.17) is 4.74 Å². The topological polar surface area (TPSA) is 108 Å². The minimum atomic E-state index is -0.999. The van der Waals surface area contributed by atoms with Crippen LogP contribution >= 0.6 is 0 Å². The molecule has 1 atom stereocenters. The number of carbonyl (C=O) groups excluding carboxylic acids is 3. The van der Waals surface area contributed by atoms with Gasteiger partial charge < -0.3 is 25.4 Å². The molecular formula is C23H35N3O5. The highest BCUT2D eigenvalue weighted by Gasteiger charge is 2.33. The van der Waals surface area contributed by atoms with Gasteiger partial charge in [-0.3, -0.25) is 9.59 Å². The van der Waals surface area contributed by atoms with Crippen molar-refractivity contribution < 1.29 is 24.2 Å². The first-order valence-electron chi connectivity index (χ1n) is 11.0. The molecular weight excluding hydrogens is 398 g/mol. The van der Waals surface area contributed by atoms with E-state index in [1.165, 1.54) is 11.0 Å². The summed E-state index contributed by atoms with van der Waals surface area (Å²) >= 11 is 0. The lowest BCUT2D eigenvalue weighted by Crippen LogP contribution is -2.49. The first-order valence-corrected chi connectivity index (χ1v) is 11.0. The van der Waals surface area contributed by atoms with Gasteiger partial charge in [0.25, 0.3) is 0 Å². The number of phenolic OH excluding ortho intramolecular Hbond substituents is 1. The first kappa shape index (κ1) is 24.5. The van der Waals surface area contributed by atoms with Crippen LogP contribution in [-0.2, 0) is 14.3 Å². The molecule has 0 saturated heterocycles. The van der Waals surface area contributed by atoms with Crippen LogP contribution in [0.15, 0.2) is 24.3 Å². The zero-order valence-electron chi connectivity index (χ0n) is 18.9. The first-order chi connectivity index (χ1) is 14.6. The molecule has 1 aromatic carbocycles. The minimum absolute atomic E-state index is 0.0577. The second-order valence-corrected chi connectivity index (χ2v) is 8.84. The van der Waals surface area contributed by atoms with E-state index in [0.717, 1.165) is 32.1 Å². The van der Waals surface area contributed by atoms with E-state index in [9.17, 15) is 19.5 Å². The molecule has 1 unspecified atom stereocenters. The number of hydrogen-bond acceptors (Lipinski definition) is 5. The standard InChI is InChI=1S/C23H35N3O5/c1-5-26(19(28)15-24-22(30)31-23(2,3)4)20(17-13-9-10-14-18(17)27)21(29)25-16-11-7-6-8-12-16/h9-10,13-14,16,20,27H,5-8,11-12,15H2,1-4H3,(H,24,30)(H,25,29). The van der Waals surface area contributed by atoms with E-state index in [-0.39, 0.29) is 30.8 Å². The number of hydrogen-bond donors (Lipinski definition) is 3. The summed E-state index contributed by atoms with van der Waals surface area (Å²) in [4.78, 5) is 39.5. The van der Waals surface area contributed by atoms with Crippen LogP contribution in [0.5, 0.6) is 5.75 Å². The lowest BCUT2D eigenvalue weighted by molar-refractivity contribution is -0.140. The number of nitrogens with one attached hydrogen (secondary N) is 2. The molecule has 1 aromatic rings. The molecule has 3 N–H and O–H groups in total. The smallest absolute Gasteiger partial charge is 0.408 e. The van der Waals surface area contributed by atoms with Gasteiger partial charge in [0.2, 0.25) is 11.8 Å². The predicted octanol–water partition coefficient (Wildman–Crippen LogP) is 3.26. The molecule has 0 spiro atoms. The van der Waals surface area contributed by atoms with E-state index >= 15 is 0 Å². The van der Waals surface area contributed by atoms with Crippen molar-refractivity contribution in [3.63, 3.8) is 0 Å². The number of benzene rings is 1. The van der Waals surface area contributed by atoms with Gasteiger partial charge in [-0.2, -0.15) is 0 Å². The van der Waals surface area contributed by atoms with Crippen molar-refractivity contribution >= 4 is 17.9 Å². The highest BCUT2D eigenvalue weighted by Crippen LogP contribution is 2.30. The van der Waals surface area contributed by atoms with Gasteiger partial charge in [0.1, 0.15) is 23.9 Å². The Morgan fingerprint density at radius 3 is 2.39 bits per heavy atom. The SMILES string of the molecule is CCN(C(=O)CNC(=O)OC(C)(C)C)C(C(=O)NC1CCCCC1)c1ccccc1O. The molecule has 8 heteroatoms. The van der Waals surface area contributed by atoms with Crippen molar-refractivity contribution in [2.75, 3.05) is 13.1 Å². The molecule has 172 valence electrons. The van der Waals surface area contributed by atoms with Gasteiger partial charge in [-0.15, -0.1) is 0 Å². The lowest BCUT2D eigenvalue weighted by atomic mass is 9.94. The van der Waals surface area contributed by atoms with E-state index in [2.05, 4.69) is 10.6 Å².